The number of hydrogen-bond acceptors (Lipinski definition) is 4. The lowest BCUT2D eigenvalue weighted by Gasteiger charge is -2.38. The van der Waals surface area contributed by atoms with Gasteiger partial charge in [0.2, 0.25) is 0 Å². The smallest absolute Gasteiger partial charge is 0.163 e. The summed E-state index contributed by atoms with van der Waals surface area (Å²) in [4.78, 5) is 18.7. The molecule has 43 heavy (non-hydrogen) atoms. The Bertz CT molecular complexity index is 1910. The molecule has 0 N–H and O–H groups in total. The SMILES string of the molecule is C1=CC2=C(C=CC3C=CC4=C(C(c5nc(-c6ccccc6)nc(C6CC=Cc7c6sc6c7CCC=C6)n5)=CCC4)C23)CC1. The highest BCUT2D eigenvalue weighted by atomic mass is 32.1. The first-order chi connectivity index (χ1) is 21.3. The average molecular weight is 576 g/mol. The fourth-order valence-electron chi connectivity index (χ4n) is 7.83. The van der Waals surface area contributed by atoms with Crippen LogP contribution < -0.4 is 0 Å². The Morgan fingerprint density at radius 2 is 1.53 bits per heavy atom. The van der Waals surface area contributed by atoms with Crippen molar-refractivity contribution in [3.05, 3.63) is 140 Å². The predicted molar refractivity (Wildman–Crippen MR) is 177 cm³/mol. The van der Waals surface area contributed by atoms with Gasteiger partial charge in [0.1, 0.15) is 5.82 Å². The monoisotopic (exact) mass is 575 g/mol. The van der Waals surface area contributed by atoms with Crippen molar-refractivity contribution in [1.29, 1.82) is 0 Å². The maximum atomic E-state index is 5.40. The minimum Gasteiger partial charge on any atom is -0.212 e. The second-order valence-corrected chi connectivity index (χ2v) is 13.4. The lowest BCUT2D eigenvalue weighted by molar-refractivity contribution is 0.587. The van der Waals surface area contributed by atoms with E-state index in [1.54, 1.807) is 0 Å². The zero-order valence-electron chi connectivity index (χ0n) is 24.2. The van der Waals surface area contributed by atoms with Gasteiger partial charge in [0, 0.05) is 32.7 Å². The van der Waals surface area contributed by atoms with Crippen LogP contribution >= 0.6 is 11.3 Å². The third-order valence-electron chi connectivity index (χ3n) is 9.87. The molecule has 0 bridgehead atoms. The van der Waals surface area contributed by atoms with Crippen molar-refractivity contribution in [3.8, 4) is 11.4 Å². The molecule has 0 saturated carbocycles. The van der Waals surface area contributed by atoms with Crippen LogP contribution in [0.5, 0.6) is 0 Å². The molecule has 210 valence electrons. The van der Waals surface area contributed by atoms with Gasteiger partial charge in [-0.2, -0.15) is 0 Å². The highest BCUT2D eigenvalue weighted by molar-refractivity contribution is 7.13. The summed E-state index contributed by atoms with van der Waals surface area (Å²) in [5.41, 5.74) is 11.0. The highest BCUT2D eigenvalue weighted by Crippen LogP contribution is 2.50. The molecule has 6 aliphatic carbocycles. The lowest BCUT2D eigenvalue weighted by Crippen LogP contribution is -2.26. The summed E-state index contributed by atoms with van der Waals surface area (Å²) in [7, 11) is 0. The van der Waals surface area contributed by atoms with Crippen LogP contribution in [-0.2, 0) is 6.42 Å². The number of fused-ring (bicyclic) bond motifs is 6. The standard InChI is InChI=1S/C39H33N3S/c1-2-11-27(12-3-1)37-40-38(42-39(41-37)32-18-9-16-30-29-15-6-7-19-33(29)43-36(30)32)31-17-8-13-25-22-23-26-21-20-24-10-4-5-14-28(24)34(26)35(25)31/h1-3,5,7,9,11-12,14,16-17,19-23,26,32,34H,4,6,8,10,13,15,18H2. The molecule has 3 atom stereocenters. The summed E-state index contributed by atoms with van der Waals surface area (Å²) in [5.74, 6) is 3.33. The van der Waals surface area contributed by atoms with Gasteiger partial charge in [-0.15, -0.1) is 11.3 Å². The molecular formula is C39H33N3S. The second-order valence-electron chi connectivity index (χ2n) is 12.4. The minimum atomic E-state index is 0.137. The number of hydrogen-bond donors (Lipinski definition) is 0. The van der Waals surface area contributed by atoms with E-state index >= 15 is 0 Å². The maximum Gasteiger partial charge on any atom is 0.163 e. The van der Waals surface area contributed by atoms with E-state index in [9.17, 15) is 0 Å². The number of thiophene rings is 1. The Hall–Kier alpha value is -4.15. The first kappa shape index (κ1) is 25.4. The molecule has 0 spiro atoms. The van der Waals surface area contributed by atoms with Crippen molar-refractivity contribution >= 4 is 29.1 Å². The van der Waals surface area contributed by atoms with Crippen LogP contribution in [0, 0.1) is 11.8 Å². The maximum absolute atomic E-state index is 5.40. The third kappa shape index (κ3) is 4.18. The third-order valence-corrected chi connectivity index (χ3v) is 11.2. The van der Waals surface area contributed by atoms with Crippen molar-refractivity contribution in [2.75, 3.05) is 0 Å². The Kier molecular flexibility index (Phi) is 6.04. The van der Waals surface area contributed by atoms with Crippen molar-refractivity contribution in [2.24, 2.45) is 11.8 Å². The molecule has 9 rings (SSSR count). The van der Waals surface area contributed by atoms with Gasteiger partial charge in [0.05, 0.1) is 5.92 Å². The van der Waals surface area contributed by atoms with E-state index < -0.39 is 0 Å². The van der Waals surface area contributed by atoms with Gasteiger partial charge < -0.3 is 0 Å². The first-order valence-electron chi connectivity index (χ1n) is 15.8. The molecule has 0 aliphatic heterocycles. The normalized spacial score (nSPS) is 24.7. The number of benzene rings is 1. The Balaban J connectivity index is 1.21. The van der Waals surface area contributed by atoms with Crippen LogP contribution in [0.15, 0.2) is 107 Å². The lowest BCUT2D eigenvalue weighted by atomic mass is 9.66. The molecular weight excluding hydrogens is 543 g/mol. The van der Waals surface area contributed by atoms with E-state index in [2.05, 4.69) is 97.2 Å². The van der Waals surface area contributed by atoms with Gasteiger partial charge in [0.25, 0.3) is 0 Å². The van der Waals surface area contributed by atoms with E-state index in [4.69, 9.17) is 15.0 Å². The summed E-state index contributed by atoms with van der Waals surface area (Å²) < 4.78 is 0. The Morgan fingerprint density at radius 3 is 2.47 bits per heavy atom. The van der Waals surface area contributed by atoms with Crippen molar-refractivity contribution < 1.29 is 0 Å². The molecule has 1 aromatic carbocycles. The molecule has 6 aliphatic rings. The Labute approximate surface area is 257 Å². The largest absolute Gasteiger partial charge is 0.212 e. The van der Waals surface area contributed by atoms with Crippen LogP contribution in [0.25, 0.3) is 29.1 Å². The molecule has 0 fully saturated rings. The van der Waals surface area contributed by atoms with Gasteiger partial charge >= 0.3 is 0 Å². The second kappa shape index (κ2) is 10.2. The zero-order valence-corrected chi connectivity index (χ0v) is 25.0. The van der Waals surface area contributed by atoms with Gasteiger partial charge in [-0.3, -0.25) is 0 Å². The molecule has 2 aromatic heterocycles. The van der Waals surface area contributed by atoms with Crippen molar-refractivity contribution in [3.63, 3.8) is 0 Å². The highest BCUT2D eigenvalue weighted by Gasteiger charge is 2.37. The predicted octanol–water partition coefficient (Wildman–Crippen LogP) is 9.60. The quantitative estimate of drug-likeness (QED) is 0.312. The molecule has 0 amide bonds. The summed E-state index contributed by atoms with van der Waals surface area (Å²) >= 11 is 1.94. The molecule has 0 saturated heterocycles. The fourth-order valence-corrected chi connectivity index (χ4v) is 9.21. The minimum absolute atomic E-state index is 0.137. The number of nitrogens with zero attached hydrogens (tertiary/aromatic N) is 3. The number of rotatable bonds is 3. The fraction of sp³-hybridized carbons (Fsp3) is 0.256. The van der Waals surface area contributed by atoms with Gasteiger partial charge in [-0.25, -0.2) is 15.0 Å². The molecule has 3 unspecified atom stereocenters. The molecule has 0 radical (unpaired) electrons. The van der Waals surface area contributed by atoms with E-state index in [0.29, 0.717) is 11.8 Å². The summed E-state index contributed by atoms with van der Waals surface area (Å²) in [6, 6.07) is 10.5. The summed E-state index contributed by atoms with van der Waals surface area (Å²) in [5, 5.41) is 0. The van der Waals surface area contributed by atoms with Gasteiger partial charge in [-0.05, 0) is 84.4 Å². The zero-order chi connectivity index (χ0) is 28.3. The topological polar surface area (TPSA) is 38.7 Å². The molecule has 2 heterocycles. The van der Waals surface area contributed by atoms with Gasteiger partial charge in [0.15, 0.2) is 11.6 Å². The van der Waals surface area contributed by atoms with Crippen molar-refractivity contribution in [1.82, 2.24) is 15.0 Å². The first-order valence-corrected chi connectivity index (χ1v) is 16.6. The van der Waals surface area contributed by atoms with E-state index in [0.717, 1.165) is 68.0 Å². The molecule has 4 heteroatoms. The number of allylic oxidation sites excluding steroid dienone is 14. The molecule has 3 aromatic rings. The van der Waals surface area contributed by atoms with Crippen molar-refractivity contribution in [2.45, 2.75) is 50.9 Å². The van der Waals surface area contributed by atoms with E-state index in [-0.39, 0.29) is 5.92 Å². The molecule has 3 nitrogen and oxygen atoms in total. The van der Waals surface area contributed by atoms with Crippen LogP contribution in [0.4, 0.5) is 0 Å². The van der Waals surface area contributed by atoms with Crippen LogP contribution in [0.3, 0.4) is 0 Å². The average Bonchev–Trinajstić information content (AvgIpc) is 3.47. The van der Waals surface area contributed by atoms with Crippen LogP contribution in [0.1, 0.15) is 77.0 Å². The van der Waals surface area contributed by atoms with Crippen LogP contribution in [0.2, 0.25) is 0 Å². The van der Waals surface area contributed by atoms with E-state index in [1.165, 1.54) is 48.7 Å². The van der Waals surface area contributed by atoms with Crippen LogP contribution in [-0.4, -0.2) is 15.0 Å². The van der Waals surface area contributed by atoms with E-state index in [1.807, 2.05) is 11.3 Å². The summed E-state index contributed by atoms with van der Waals surface area (Å²) in [6.07, 6.45) is 33.6. The summed E-state index contributed by atoms with van der Waals surface area (Å²) in [6.45, 7) is 0. The van der Waals surface area contributed by atoms with Gasteiger partial charge in [-0.1, -0.05) is 91.1 Å². The number of aromatic nitrogens is 3. The Morgan fingerprint density at radius 1 is 0.721 bits per heavy atom.